The number of aryl methyl sites for hydroxylation is 1. The lowest BCUT2D eigenvalue weighted by Crippen LogP contribution is -2.46. The number of rotatable bonds is 3. The number of hydrogen-bond donors (Lipinski definition) is 2. The topological polar surface area (TPSA) is 35.5 Å². The van der Waals surface area contributed by atoms with Crippen molar-refractivity contribution in [3.8, 4) is 0 Å². The van der Waals surface area contributed by atoms with Gasteiger partial charge in [-0.25, -0.2) is 0 Å². The van der Waals surface area contributed by atoms with Crippen LogP contribution in [0.4, 0.5) is 5.69 Å². The molecule has 3 heteroatoms. The summed E-state index contributed by atoms with van der Waals surface area (Å²) in [4.78, 5) is 2.34. The highest BCUT2D eigenvalue weighted by Gasteiger charge is 2.29. The Morgan fingerprint density at radius 3 is 2.67 bits per heavy atom. The lowest BCUT2D eigenvalue weighted by molar-refractivity contribution is 0.0449. The van der Waals surface area contributed by atoms with Crippen molar-refractivity contribution in [3.05, 3.63) is 29.3 Å². The van der Waals surface area contributed by atoms with Gasteiger partial charge in [0, 0.05) is 30.9 Å². The van der Waals surface area contributed by atoms with Gasteiger partial charge in [0.1, 0.15) is 0 Å². The van der Waals surface area contributed by atoms with Crippen molar-refractivity contribution in [1.82, 2.24) is 5.32 Å². The van der Waals surface area contributed by atoms with Gasteiger partial charge in [0.05, 0.1) is 5.60 Å². The molecule has 1 aromatic carbocycles. The Bertz CT molecular complexity index is 488. The summed E-state index contributed by atoms with van der Waals surface area (Å²) in [5.41, 5.74) is 3.40. The normalized spacial score (nSPS) is 23.4. The second kappa shape index (κ2) is 5.98. The molecular weight excluding hydrogens is 260 g/mol. The molecule has 1 unspecified atom stereocenters. The van der Waals surface area contributed by atoms with E-state index in [0.29, 0.717) is 0 Å². The summed E-state index contributed by atoms with van der Waals surface area (Å²) in [7, 11) is 0. The molecular formula is C18H30N2O. The molecule has 0 saturated carbocycles. The van der Waals surface area contributed by atoms with E-state index in [2.05, 4.69) is 56.1 Å². The highest BCUT2D eigenvalue weighted by Crippen LogP contribution is 2.29. The Labute approximate surface area is 129 Å². The van der Waals surface area contributed by atoms with Crippen LogP contribution in [-0.2, 0) is 6.54 Å². The SMILES string of the molecule is Cc1ccc(N2CCCC(C)(O)C2)c(CNC(C)(C)C)c1. The zero-order valence-corrected chi connectivity index (χ0v) is 14.2. The lowest BCUT2D eigenvalue weighted by atomic mass is 9.94. The van der Waals surface area contributed by atoms with Crippen molar-refractivity contribution >= 4 is 5.69 Å². The summed E-state index contributed by atoms with van der Waals surface area (Å²) in [6.07, 6.45) is 1.94. The first-order valence-electron chi connectivity index (χ1n) is 7.98. The molecule has 1 saturated heterocycles. The van der Waals surface area contributed by atoms with Crippen molar-refractivity contribution in [3.63, 3.8) is 0 Å². The van der Waals surface area contributed by atoms with Gasteiger partial charge < -0.3 is 15.3 Å². The zero-order valence-electron chi connectivity index (χ0n) is 14.2. The highest BCUT2D eigenvalue weighted by molar-refractivity contribution is 5.55. The Morgan fingerprint density at radius 2 is 2.05 bits per heavy atom. The third-order valence-electron chi connectivity index (χ3n) is 4.06. The van der Waals surface area contributed by atoms with Gasteiger partial charge in [-0.05, 0) is 59.1 Å². The van der Waals surface area contributed by atoms with E-state index in [4.69, 9.17) is 0 Å². The monoisotopic (exact) mass is 290 g/mol. The van der Waals surface area contributed by atoms with Crippen LogP contribution in [0.25, 0.3) is 0 Å². The van der Waals surface area contributed by atoms with Crippen molar-refractivity contribution in [2.24, 2.45) is 0 Å². The number of nitrogens with zero attached hydrogens (tertiary/aromatic N) is 1. The molecule has 0 spiro atoms. The summed E-state index contributed by atoms with van der Waals surface area (Å²) < 4.78 is 0. The van der Waals surface area contributed by atoms with E-state index in [0.717, 1.165) is 32.5 Å². The summed E-state index contributed by atoms with van der Waals surface area (Å²) in [5.74, 6) is 0. The fourth-order valence-corrected chi connectivity index (χ4v) is 2.95. The molecule has 0 aliphatic carbocycles. The largest absolute Gasteiger partial charge is 0.388 e. The number of aliphatic hydroxyl groups is 1. The molecule has 2 N–H and O–H groups in total. The van der Waals surface area contributed by atoms with Crippen LogP contribution >= 0.6 is 0 Å². The number of benzene rings is 1. The minimum Gasteiger partial charge on any atom is -0.388 e. The lowest BCUT2D eigenvalue weighted by Gasteiger charge is -2.39. The molecule has 1 aliphatic rings. The van der Waals surface area contributed by atoms with Crippen molar-refractivity contribution in [1.29, 1.82) is 0 Å². The first-order valence-corrected chi connectivity index (χ1v) is 7.98. The second-order valence-electron chi connectivity index (χ2n) is 7.76. The van der Waals surface area contributed by atoms with E-state index in [1.54, 1.807) is 0 Å². The molecule has 3 nitrogen and oxygen atoms in total. The molecule has 21 heavy (non-hydrogen) atoms. The molecule has 0 aromatic heterocycles. The van der Waals surface area contributed by atoms with E-state index in [-0.39, 0.29) is 5.54 Å². The molecule has 1 heterocycles. The van der Waals surface area contributed by atoms with E-state index < -0.39 is 5.60 Å². The first kappa shape index (κ1) is 16.3. The smallest absolute Gasteiger partial charge is 0.0794 e. The van der Waals surface area contributed by atoms with Gasteiger partial charge in [-0.15, -0.1) is 0 Å². The van der Waals surface area contributed by atoms with Gasteiger partial charge in [0.2, 0.25) is 0 Å². The fraction of sp³-hybridized carbons (Fsp3) is 0.667. The van der Waals surface area contributed by atoms with Gasteiger partial charge >= 0.3 is 0 Å². The predicted molar refractivity (Wildman–Crippen MR) is 89.8 cm³/mol. The van der Waals surface area contributed by atoms with Crippen LogP contribution in [0.2, 0.25) is 0 Å². The quantitative estimate of drug-likeness (QED) is 0.897. The van der Waals surface area contributed by atoms with Crippen LogP contribution < -0.4 is 10.2 Å². The van der Waals surface area contributed by atoms with E-state index in [1.807, 2.05) is 6.92 Å². The summed E-state index contributed by atoms with van der Waals surface area (Å²) in [6.45, 7) is 13.3. The Morgan fingerprint density at radius 1 is 1.33 bits per heavy atom. The van der Waals surface area contributed by atoms with Gasteiger partial charge in [0.15, 0.2) is 0 Å². The van der Waals surface area contributed by atoms with E-state index in [9.17, 15) is 5.11 Å². The zero-order chi connectivity index (χ0) is 15.7. The maximum Gasteiger partial charge on any atom is 0.0794 e. The predicted octanol–water partition coefficient (Wildman–Crippen LogP) is 3.23. The van der Waals surface area contributed by atoms with Gasteiger partial charge in [0.25, 0.3) is 0 Å². The van der Waals surface area contributed by atoms with Crippen LogP contribution in [0.3, 0.4) is 0 Å². The van der Waals surface area contributed by atoms with Crippen molar-refractivity contribution < 1.29 is 5.11 Å². The van der Waals surface area contributed by atoms with Crippen LogP contribution in [-0.4, -0.2) is 29.3 Å². The number of hydrogen-bond acceptors (Lipinski definition) is 3. The van der Waals surface area contributed by atoms with Crippen molar-refractivity contribution in [2.45, 2.75) is 65.1 Å². The second-order valence-corrected chi connectivity index (χ2v) is 7.76. The Kier molecular flexibility index (Phi) is 4.64. The first-order chi connectivity index (χ1) is 9.66. The number of β-amino-alcohol motifs (C(OH)–C–C–N with tert-alkyl or cyclic N) is 1. The minimum atomic E-state index is -0.572. The molecule has 0 amide bonds. The van der Waals surface area contributed by atoms with Crippen LogP contribution in [0, 0.1) is 6.92 Å². The average Bonchev–Trinajstić information content (AvgIpc) is 2.34. The van der Waals surface area contributed by atoms with Crippen LogP contribution in [0.15, 0.2) is 18.2 Å². The Balaban J connectivity index is 2.22. The molecule has 1 fully saturated rings. The molecule has 1 aliphatic heterocycles. The van der Waals surface area contributed by atoms with Crippen molar-refractivity contribution in [2.75, 3.05) is 18.0 Å². The fourth-order valence-electron chi connectivity index (χ4n) is 2.95. The van der Waals surface area contributed by atoms with Crippen LogP contribution in [0.1, 0.15) is 51.7 Å². The highest BCUT2D eigenvalue weighted by atomic mass is 16.3. The van der Waals surface area contributed by atoms with Gasteiger partial charge in [-0.1, -0.05) is 17.7 Å². The van der Waals surface area contributed by atoms with E-state index >= 15 is 0 Å². The number of piperidine rings is 1. The number of anilines is 1. The van der Waals surface area contributed by atoms with E-state index in [1.165, 1.54) is 16.8 Å². The molecule has 1 aromatic rings. The summed E-state index contributed by atoms with van der Waals surface area (Å²) >= 11 is 0. The molecule has 2 rings (SSSR count). The maximum atomic E-state index is 10.4. The Hall–Kier alpha value is -1.06. The third kappa shape index (κ3) is 4.72. The minimum absolute atomic E-state index is 0.106. The molecule has 0 bridgehead atoms. The van der Waals surface area contributed by atoms with Gasteiger partial charge in [-0.3, -0.25) is 0 Å². The third-order valence-corrected chi connectivity index (χ3v) is 4.06. The summed E-state index contributed by atoms with van der Waals surface area (Å²) in [6, 6.07) is 6.63. The standard InChI is InChI=1S/C18H30N2O/c1-14-7-8-16(15(11-14)12-19-17(2,3)4)20-10-6-9-18(5,21)13-20/h7-8,11,19,21H,6,9-10,12-13H2,1-5H3. The molecule has 118 valence electrons. The molecule has 1 atom stereocenters. The maximum absolute atomic E-state index is 10.4. The van der Waals surface area contributed by atoms with Gasteiger partial charge in [-0.2, -0.15) is 0 Å². The average molecular weight is 290 g/mol. The summed E-state index contributed by atoms with van der Waals surface area (Å²) in [5, 5.41) is 13.9. The molecule has 0 radical (unpaired) electrons. The van der Waals surface area contributed by atoms with Crippen LogP contribution in [0.5, 0.6) is 0 Å². The number of nitrogens with one attached hydrogen (secondary N) is 1.